The van der Waals surface area contributed by atoms with Gasteiger partial charge < -0.3 is 0 Å². The second kappa shape index (κ2) is 13.6. The van der Waals surface area contributed by atoms with E-state index in [9.17, 15) is 4.79 Å². The van der Waals surface area contributed by atoms with Gasteiger partial charge in [0.1, 0.15) is 0 Å². The number of unbranched alkanes of at least 4 members (excludes halogenated alkanes) is 1. The maximum atomic E-state index is 14.6. The van der Waals surface area contributed by atoms with Crippen LogP contribution in [0, 0.1) is 23.7 Å². The van der Waals surface area contributed by atoms with E-state index in [1.807, 2.05) is 41.2 Å². The van der Waals surface area contributed by atoms with Crippen LogP contribution in [0.5, 0.6) is 0 Å². The lowest BCUT2D eigenvalue weighted by Gasteiger charge is -2.40. The van der Waals surface area contributed by atoms with Crippen molar-refractivity contribution >= 4 is 0 Å². The summed E-state index contributed by atoms with van der Waals surface area (Å²) in [6.07, 6.45) is 15.1. The van der Waals surface area contributed by atoms with Gasteiger partial charge >= 0.3 is 5.69 Å². The highest BCUT2D eigenvalue weighted by molar-refractivity contribution is 5.81. The number of hydrogen-bond acceptors (Lipinski definition) is 5. The molecule has 1 saturated carbocycles. The number of pyridine rings is 1. The van der Waals surface area contributed by atoms with Crippen molar-refractivity contribution in [2.45, 2.75) is 98.6 Å². The van der Waals surface area contributed by atoms with Crippen molar-refractivity contribution in [1.29, 1.82) is 0 Å². The Balaban J connectivity index is 1.61. The Morgan fingerprint density at radius 3 is 2.31 bits per heavy atom. The predicted octanol–water partition coefficient (Wildman–Crippen LogP) is 7.33. The van der Waals surface area contributed by atoms with E-state index in [0.717, 1.165) is 47.2 Å². The van der Waals surface area contributed by atoms with Gasteiger partial charge in [-0.15, -0.1) is 5.10 Å². The maximum Gasteiger partial charge on any atom is 0.328 e. The first-order chi connectivity index (χ1) is 20.4. The van der Waals surface area contributed by atoms with Gasteiger partial charge in [-0.3, -0.25) is 14.1 Å². The third-order valence-corrected chi connectivity index (χ3v) is 9.41. The van der Waals surface area contributed by atoms with E-state index in [-0.39, 0.29) is 11.7 Å². The molecular formula is C34H47N7O. The molecule has 0 bridgehead atoms. The highest BCUT2D eigenvalue weighted by atomic mass is 16.1. The van der Waals surface area contributed by atoms with Crippen LogP contribution in [-0.4, -0.2) is 34.7 Å². The summed E-state index contributed by atoms with van der Waals surface area (Å²) in [5, 5.41) is 14.7. The van der Waals surface area contributed by atoms with Gasteiger partial charge in [0.2, 0.25) is 0 Å². The second-order valence-electron chi connectivity index (χ2n) is 12.8. The van der Waals surface area contributed by atoms with Gasteiger partial charge in [0, 0.05) is 35.9 Å². The van der Waals surface area contributed by atoms with E-state index in [0.29, 0.717) is 36.0 Å². The van der Waals surface area contributed by atoms with Crippen LogP contribution in [0.2, 0.25) is 0 Å². The number of aryl methyl sites for hydroxylation is 1. The summed E-state index contributed by atoms with van der Waals surface area (Å²) < 4.78 is 4.19. The number of H-pyrrole nitrogens is 1. The molecule has 224 valence electrons. The normalized spacial score (nSPS) is 19.7. The Kier molecular flexibility index (Phi) is 9.70. The van der Waals surface area contributed by atoms with Gasteiger partial charge in [-0.2, -0.15) is 0 Å². The van der Waals surface area contributed by atoms with E-state index < -0.39 is 0 Å². The Morgan fingerprint density at radius 1 is 0.952 bits per heavy atom. The Bertz CT molecular complexity index is 1470. The molecule has 3 aromatic heterocycles. The lowest BCUT2D eigenvalue weighted by atomic mass is 9.71. The third-order valence-electron chi connectivity index (χ3n) is 9.41. The molecule has 3 heterocycles. The molecule has 8 nitrogen and oxygen atoms in total. The number of imidazole rings is 1. The lowest BCUT2D eigenvalue weighted by molar-refractivity contribution is 0.111. The standard InChI is InChI=1S/C34H47N7O/c1-6-7-13-26-22-41(32-27(23(2)3)14-9-8-10-15-28(32)24(4)5)34(42)40(26)21-25-20-35-19-18-29(25)30-16-11-12-17-31(30)33-36-38-39-37-33/h11-12,16-20,22-24,27-28,32H,6-10,13-15,21H2,1-5H3,(H,36,37,38,39). The summed E-state index contributed by atoms with van der Waals surface area (Å²) in [5.74, 6) is 2.64. The van der Waals surface area contributed by atoms with Crippen molar-refractivity contribution < 1.29 is 0 Å². The zero-order valence-electron chi connectivity index (χ0n) is 26.0. The van der Waals surface area contributed by atoms with E-state index in [1.165, 1.54) is 32.1 Å². The largest absolute Gasteiger partial charge is 0.328 e. The van der Waals surface area contributed by atoms with Gasteiger partial charge in [0.05, 0.1) is 6.54 Å². The summed E-state index contributed by atoms with van der Waals surface area (Å²) >= 11 is 0. The molecular weight excluding hydrogens is 522 g/mol. The number of rotatable bonds is 10. The van der Waals surface area contributed by atoms with Gasteiger partial charge in [0.15, 0.2) is 5.82 Å². The van der Waals surface area contributed by atoms with Crippen LogP contribution in [0.1, 0.15) is 96.9 Å². The molecule has 4 aromatic rings. The molecule has 2 unspecified atom stereocenters. The molecule has 0 amide bonds. The zero-order valence-corrected chi connectivity index (χ0v) is 26.0. The Labute approximate surface area is 250 Å². The Hall–Kier alpha value is -3.55. The van der Waals surface area contributed by atoms with Crippen LogP contribution in [0.3, 0.4) is 0 Å². The fraction of sp³-hybridized carbons (Fsp3) is 0.559. The minimum Gasteiger partial charge on any atom is -0.295 e. The van der Waals surface area contributed by atoms with Crippen LogP contribution in [0.15, 0.2) is 53.7 Å². The van der Waals surface area contributed by atoms with Crippen molar-refractivity contribution in [3.63, 3.8) is 0 Å². The van der Waals surface area contributed by atoms with Gasteiger partial charge in [-0.1, -0.05) is 84.6 Å². The summed E-state index contributed by atoms with van der Waals surface area (Å²) in [7, 11) is 0. The number of hydrogen-bond donors (Lipinski definition) is 1. The van der Waals surface area contributed by atoms with Crippen LogP contribution < -0.4 is 5.69 Å². The van der Waals surface area contributed by atoms with Crippen molar-refractivity contribution in [3.05, 3.63) is 70.7 Å². The summed E-state index contributed by atoms with van der Waals surface area (Å²) in [6.45, 7) is 12.1. The molecule has 2 atom stereocenters. The number of tetrazole rings is 1. The molecule has 5 rings (SSSR count). The molecule has 42 heavy (non-hydrogen) atoms. The van der Waals surface area contributed by atoms with Gasteiger partial charge in [0.25, 0.3) is 0 Å². The summed E-state index contributed by atoms with van der Waals surface area (Å²) in [5.41, 5.74) is 5.20. The SMILES string of the molecule is CCCCc1cn(C2C(C(C)C)CCCCCC2C(C)C)c(=O)n1Cc1cnccc1-c1ccccc1-c1nnn[nH]1. The molecule has 0 saturated heterocycles. The van der Waals surface area contributed by atoms with Crippen LogP contribution in [0.4, 0.5) is 0 Å². The number of aromatic nitrogens is 7. The molecule has 1 aliphatic rings. The first kappa shape index (κ1) is 29.9. The van der Waals surface area contributed by atoms with E-state index >= 15 is 0 Å². The molecule has 8 heteroatoms. The van der Waals surface area contributed by atoms with Crippen molar-refractivity contribution in [2.75, 3.05) is 0 Å². The molecule has 1 fully saturated rings. The van der Waals surface area contributed by atoms with Crippen molar-refractivity contribution in [1.82, 2.24) is 34.7 Å². The Morgan fingerprint density at radius 2 is 1.67 bits per heavy atom. The summed E-state index contributed by atoms with van der Waals surface area (Å²) in [6, 6.07) is 10.4. The lowest BCUT2D eigenvalue weighted by Crippen LogP contribution is -2.39. The molecule has 0 radical (unpaired) electrons. The predicted molar refractivity (Wildman–Crippen MR) is 168 cm³/mol. The van der Waals surface area contributed by atoms with Crippen LogP contribution in [0.25, 0.3) is 22.5 Å². The monoisotopic (exact) mass is 569 g/mol. The number of benzene rings is 1. The molecule has 1 aromatic carbocycles. The third kappa shape index (κ3) is 6.27. The molecule has 1 aliphatic carbocycles. The van der Waals surface area contributed by atoms with E-state index in [1.54, 1.807) is 0 Å². The zero-order chi connectivity index (χ0) is 29.6. The second-order valence-corrected chi connectivity index (χ2v) is 12.8. The minimum absolute atomic E-state index is 0.116. The van der Waals surface area contributed by atoms with E-state index in [4.69, 9.17) is 0 Å². The van der Waals surface area contributed by atoms with Crippen LogP contribution >= 0.6 is 0 Å². The quantitative estimate of drug-likeness (QED) is 0.216. The highest BCUT2D eigenvalue weighted by Crippen LogP contribution is 2.43. The number of nitrogens with one attached hydrogen (secondary N) is 1. The smallest absolute Gasteiger partial charge is 0.295 e. The van der Waals surface area contributed by atoms with Gasteiger partial charge in [-0.05, 0) is 82.5 Å². The van der Waals surface area contributed by atoms with Crippen molar-refractivity contribution in [3.8, 4) is 22.5 Å². The van der Waals surface area contributed by atoms with E-state index in [2.05, 4.69) is 77.1 Å². The number of nitrogens with zero attached hydrogens (tertiary/aromatic N) is 6. The topological polar surface area (TPSA) is 94.3 Å². The highest BCUT2D eigenvalue weighted by Gasteiger charge is 2.37. The average Bonchev–Trinajstić information content (AvgIpc) is 3.61. The van der Waals surface area contributed by atoms with Crippen molar-refractivity contribution in [2.24, 2.45) is 23.7 Å². The first-order valence-corrected chi connectivity index (χ1v) is 16.0. The van der Waals surface area contributed by atoms with Gasteiger partial charge in [-0.25, -0.2) is 9.89 Å². The average molecular weight is 570 g/mol. The molecule has 0 spiro atoms. The minimum atomic E-state index is 0.116. The van der Waals surface area contributed by atoms with Crippen LogP contribution in [-0.2, 0) is 13.0 Å². The molecule has 1 N–H and O–H groups in total. The molecule has 0 aliphatic heterocycles. The fourth-order valence-corrected chi connectivity index (χ4v) is 7.14. The summed E-state index contributed by atoms with van der Waals surface area (Å²) in [4.78, 5) is 19.1. The fourth-order valence-electron chi connectivity index (χ4n) is 7.14. The number of aromatic amines is 1. The maximum absolute atomic E-state index is 14.6. The first-order valence-electron chi connectivity index (χ1n) is 16.0.